The van der Waals surface area contributed by atoms with Gasteiger partial charge < -0.3 is 14.5 Å². The lowest BCUT2D eigenvalue weighted by Crippen LogP contribution is -2.62. The number of para-hydroxylation sites is 1. The van der Waals surface area contributed by atoms with E-state index in [9.17, 15) is 9.59 Å². The van der Waals surface area contributed by atoms with Gasteiger partial charge in [-0.3, -0.25) is 9.59 Å². The van der Waals surface area contributed by atoms with E-state index in [-0.39, 0.29) is 18.4 Å². The molecule has 2 amide bonds. The standard InChI is InChI=1S/C23H26N2O3/c1-17-9-10-19(13-18(17)2)22(27)24-12-6-11-23(15-24)16-25(21(26)14-28-23)20-7-4-3-5-8-20/h3-5,7-10,13H,6,11-12,14-16H2,1-2H3. The molecule has 2 fully saturated rings. The van der Waals surface area contributed by atoms with Gasteiger partial charge in [-0.25, -0.2) is 0 Å². The van der Waals surface area contributed by atoms with Gasteiger partial charge in [0.25, 0.3) is 11.8 Å². The van der Waals surface area contributed by atoms with Crippen LogP contribution in [-0.2, 0) is 9.53 Å². The Kier molecular flexibility index (Phi) is 4.94. The van der Waals surface area contributed by atoms with Crippen molar-refractivity contribution in [2.24, 2.45) is 0 Å². The number of aryl methyl sites for hydroxylation is 2. The zero-order valence-corrected chi connectivity index (χ0v) is 16.5. The van der Waals surface area contributed by atoms with Crippen molar-refractivity contribution in [1.29, 1.82) is 0 Å². The van der Waals surface area contributed by atoms with Gasteiger partial charge in [0.15, 0.2) is 0 Å². The van der Waals surface area contributed by atoms with Gasteiger partial charge >= 0.3 is 0 Å². The molecule has 0 N–H and O–H groups in total. The van der Waals surface area contributed by atoms with Crippen LogP contribution in [0.4, 0.5) is 5.69 Å². The molecule has 0 aliphatic carbocycles. The first-order valence-electron chi connectivity index (χ1n) is 9.83. The molecule has 28 heavy (non-hydrogen) atoms. The molecule has 0 aromatic heterocycles. The normalized spacial score (nSPS) is 22.6. The Labute approximate surface area is 165 Å². The monoisotopic (exact) mass is 378 g/mol. The van der Waals surface area contributed by atoms with E-state index in [1.54, 1.807) is 4.90 Å². The number of nitrogens with zero attached hydrogens (tertiary/aromatic N) is 2. The summed E-state index contributed by atoms with van der Waals surface area (Å²) in [5, 5.41) is 0. The van der Waals surface area contributed by atoms with Crippen molar-refractivity contribution in [2.75, 3.05) is 31.1 Å². The Morgan fingerprint density at radius 3 is 2.57 bits per heavy atom. The van der Waals surface area contributed by atoms with Crippen LogP contribution in [0.5, 0.6) is 0 Å². The number of amides is 2. The van der Waals surface area contributed by atoms with Gasteiger partial charge in [0, 0.05) is 17.8 Å². The molecular weight excluding hydrogens is 352 g/mol. The smallest absolute Gasteiger partial charge is 0.253 e. The second-order valence-electron chi connectivity index (χ2n) is 7.92. The summed E-state index contributed by atoms with van der Waals surface area (Å²) in [6, 6.07) is 15.5. The van der Waals surface area contributed by atoms with E-state index in [4.69, 9.17) is 4.74 Å². The van der Waals surface area contributed by atoms with Crippen molar-refractivity contribution in [3.05, 3.63) is 65.2 Å². The Hall–Kier alpha value is -2.66. The van der Waals surface area contributed by atoms with Gasteiger partial charge in [-0.2, -0.15) is 0 Å². The van der Waals surface area contributed by atoms with E-state index < -0.39 is 5.60 Å². The molecule has 2 aliphatic rings. The summed E-state index contributed by atoms with van der Waals surface area (Å²) in [6.07, 6.45) is 1.72. The molecule has 5 nitrogen and oxygen atoms in total. The molecule has 0 saturated carbocycles. The van der Waals surface area contributed by atoms with Gasteiger partial charge in [-0.05, 0) is 62.1 Å². The third kappa shape index (κ3) is 3.54. The van der Waals surface area contributed by atoms with Crippen LogP contribution in [0.1, 0.15) is 34.3 Å². The van der Waals surface area contributed by atoms with E-state index in [2.05, 4.69) is 0 Å². The maximum atomic E-state index is 13.1. The molecule has 5 heteroatoms. The zero-order chi connectivity index (χ0) is 19.7. The molecule has 0 radical (unpaired) electrons. The lowest BCUT2D eigenvalue weighted by atomic mass is 9.89. The van der Waals surface area contributed by atoms with Crippen LogP contribution in [0.2, 0.25) is 0 Å². The summed E-state index contributed by atoms with van der Waals surface area (Å²) in [6.45, 7) is 5.83. The summed E-state index contributed by atoms with van der Waals surface area (Å²) in [7, 11) is 0. The van der Waals surface area contributed by atoms with Gasteiger partial charge in [0.1, 0.15) is 12.2 Å². The van der Waals surface area contributed by atoms with E-state index in [0.717, 1.165) is 30.6 Å². The summed E-state index contributed by atoms with van der Waals surface area (Å²) in [5.74, 6) is 0.00312. The number of piperidine rings is 1. The van der Waals surface area contributed by atoms with Gasteiger partial charge in [-0.15, -0.1) is 0 Å². The fourth-order valence-electron chi connectivity index (χ4n) is 4.13. The highest BCUT2D eigenvalue weighted by molar-refractivity contribution is 5.96. The molecule has 2 aliphatic heterocycles. The number of hydrogen-bond donors (Lipinski definition) is 0. The van der Waals surface area contributed by atoms with Gasteiger partial charge in [0.2, 0.25) is 0 Å². The molecule has 0 bridgehead atoms. The number of carbonyl (C=O) groups is 2. The quantitative estimate of drug-likeness (QED) is 0.805. The van der Waals surface area contributed by atoms with Crippen molar-refractivity contribution >= 4 is 17.5 Å². The van der Waals surface area contributed by atoms with Crippen LogP contribution in [-0.4, -0.2) is 48.6 Å². The van der Waals surface area contributed by atoms with Crippen LogP contribution >= 0.6 is 0 Å². The third-order valence-electron chi connectivity index (χ3n) is 5.90. The van der Waals surface area contributed by atoms with Crippen LogP contribution in [0.15, 0.2) is 48.5 Å². The number of morpholine rings is 1. The van der Waals surface area contributed by atoms with Crippen molar-refractivity contribution in [3.63, 3.8) is 0 Å². The summed E-state index contributed by atoms with van der Waals surface area (Å²) in [5.41, 5.74) is 3.39. The van der Waals surface area contributed by atoms with E-state index in [1.165, 1.54) is 5.56 Å². The number of hydrogen-bond acceptors (Lipinski definition) is 3. The first kappa shape index (κ1) is 18.7. The molecule has 1 spiro atoms. The summed E-state index contributed by atoms with van der Waals surface area (Å²) < 4.78 is 6.04. The number of benzene rings is 2. The Balaban J connectivity index is 1.54. The fraction of sp³-hybridized carbons (Fsp3) is 0.391. The minimum atomic E-state index is -0.503. The number of rotatable bonds is 2. The number of carbonyl (C=O) groups excluding carboxylic acids is 2. The Morgan fingerprint density at radius 2 is 1.82 bits per heavy atom. The second-order valence-corrected chi connectivity index (χ2v) is 7.92. The highest BCUT2D eigenvalue weighted by Gasteiger charge is 2.44. The van der Waals surface area contributed by atoms with Crippen LogP contribution in [0.25, 0.3) is 0 Å². The third-order valence-corrected chi connectivity index (χ3v) is 5.90. The van der Waals surface area contributed by atoms with Crippen LogP contribution in [0.3, 0.4) is 0 Å². The van der Waals surface area contributed by atoms with E-state index in [1.807, 2.05) is 67.3 Å². The lowest BCUT2D eigenvalue weighted by Gasteiger charge is -2.47. The molecule has 2 heterocycles. The largest absolute Gasteiger partial charge is 0.361 e. The maximum Gasteiger partial charge on any atom is 0.253 e. The van der Waals surface area contributed by atoms with Crippen molar-refractivity contribution < 1.29 is 14.3 Å². The molecule has 2 aromatic carbocycles. The zero-order valence-electron chi connectivity index (χ0n) is 16.5. The molecule has 146 valence electrons. The Morgan fingerprint density at radius 1 is 1.04 bits per heavy atom. The molecule has 4 rings (SSSR count). The molecular formula is C23H26N2O3. The maximum absolute atomic E-state index is 13.1. The van der Waals surface area contributed by atoms with E-state index >= 15 is 0 Å². The van der Waals surface area contributed by atoms with Crippen molar-refractivity contribution in [1.82, 2.24) is 4.90 Å². The average molecular weight is 378 g/mol. The van der Waals surface area contributed by atoms with Crippen molar-refractivity contribution in [2.45, 2.75) is 32.3 Å². The average Bonchev–Trinajstić information content (AvgIpc) is 2.72. The van der Waals surface area contributed by atoms with Crippen LogP contribution < -0.4 is 4.90 Å². The SMILES string of the molecule is Cc1ccc(C(=O)N2CCCC3(C2)CN(c2ccccc2)C(=O)CO3)cc1C. The topological polar surface area (TPSA) is 49.9 Å². The Bertz CT molecular complexity index is 896. The second kappa shape index (κ2) is 7.40. The molecule has 1 atom stereocenters. The highest BCUT2D eigenvalue weighted by atomic mass is 16.5. The highest BCUT2D eigenvalue weighted by Crippen LogP contribution is 2.32. The van der Waals surface area contributed by atoms with Gasteiger partial charge in [-0.1, -0.05) is 24.3 Å². The minimum absolute atomic E-state index is 0.0329. The lowest BCUT2D eigenvalue weighted by molar-refractivity contribution is -0.144. The number of ether oxygens (including phenoxy) is 1. The first-order valence-corrected chi connectivity index (χ1v) is 9.83. The number of likely N-dealkylation sites (tertiary alicyclic amines) is 1. The minimum Gasteiger partial charge on any atom is -0.361 e. The number of anilines is 1. The molecule has 1 unspecified atom stereocenters. The van der Waals surface area contributed by atoms with Crippen molar-refractivity contribution in [3.8, 4) is 0 Å². The first-order chi connectivity index (χ1) is 13.5. The predicted octanol–water partition coefficient (Wildman–Crippen LogP) is 3.34. The summed E-state index contributed by atoms with van der Waals surface area (Å²) >= 11 is 0. The van der Waals surface area contributed by atoms with Gasteiger partial charge in [0.05, 0.1) is 13.1 Å². The van der Waals surface area contributed by atoms with Crippen LogP contribution in [0, 0.1) is 13.8 Å². The molecule has 2 saturated heterocycles. The van der Waals surface area contributed by atoms with E-state index in [0.29, 0.717) is 18.7 Å². The summed E-state index contributed by atoms with van der Waals surface area (Å²) in [4.78, 5) is 29.2. The molecule has 2 aromatic rings. The predicted molar refractivity (Wildman–Crippen MR) is 109 cm³/mol. The fourth-order valence-corrected chi connectivity index (χ4v) is 4.13.